The molecule has 0 atom stereocenters. The van der Waals surface area contributed by atoms with Gasteiger partial charge in [-0.2, -0.15) is 0 Å². The highest BCUT2D eigenvalue weighted by molar-refractivity contribution is 6.32. The predicted molar refractivity (Wildman–Crippen MR) is 65.0 cm³/mol. The standard InChI is InChI=1S/C12H16ClNO2/c1-3-16-12-5-4-10(8-11(12)13)9-14(2)6-7-15/h4-5,7-8H,3,6,9H2,1-2H3. The van der Waals surface area contributed by atoms with Crippen LogP contribution < -0.4 is 4.74 Å². The van der Waals surface area contributed by atoms with Crippen LogP contribution in [0.5, 0.6) is 5.75 Å². The van der Waals surface area contributed by atoms with Gasteiger partial charge in [0.05, 0.1) is 18.2 Å². The molecule has 88 valence electrons. The fourth-order valence-corrected chi connectivity index (χ4v) is 1.68. The summed E-state index contributed by atoms with van der Waals surface area (Å²) < 4.78 is 5.34. The molecule has 16 heavy (non-hydrogen) atoms. The molecule has 0 aliphatic carbocycles. The summed E-state index contributed by atoms with van der Waals surface area (Å²) >= 11 is 6.06. The number of hydrogen-bond acceptors (Lipinski definition) is 3. The molecule has 1 aromatic carbocycles. The van der Waals surface area contributed by atoms with Gasteiger partial charge in [-0.05, 0) is 31.7 Å². The molecular weight excluding hydrogens is 226 g/mol. The maximum atomic E-state index is 10.3. The average Bonchev–Trinajstić information content (AvgIpc) is 2.22. The first-order valence-corrected chi connectivity index (χ1v) is 5.58. The SMILES string of the molecule is CCOc1ccc(CN(C)CC=O)cc1Cl. The van der Waals surface area contributed by atoms with Crippen molar-refractivity contribution in [3.8, 4) is 5.75 Å². The van der Waals surface area contributed by atoms with E-state index < -0.39 is 0 Å². The molecule has 3 nitrogen and oxygen atoms in total. The molecule has 0 aliphatic rings. The molecule has 1 aromatic rings. The van der Waals surface area contributed by atoms with Gasteiger partial charge >= 0.3 is 0 Å². The first kappa shape index (κ1) is 13.0. The monoisotopic (exact) mass is 241 g/mol. The molecular formula is C12H16ClNO2. The number of ether oxygens (including phenoxy) is 1. The van der Waals surface area contributed by atoms with E-state index in [2.05, 4.69) is 0 Å². The van der Waals surface area contributed by atoms with E-state index in [4.69, 9.17) is 16.3 Å². The minimum Gasteiger partial charge on any atom is -0.492 e. The van der Waals surface area contributed by atoms with Crippen LogP contribution in [-0.2, 0) is 11.3 Å². The third-order valence-electron chi connectivity index (χ3n) is 2.13. The third kappa shape index (κ3) is 3.83. The number of benzene rings is 1. The van der Waals surface area contributed by atoms with Crippen LogP contribution >= 0.6 is 11.6 Å². The Kier molecular flexibility index (Phi) is 5.29. The van der Waals surface area contributed by atoms with Gasteiger partial charge in [-0.3, -0.25) is 4.90 Å². The Morgan fingerprint density at radius 2 is 2.25 bits per heavy atom. The molecule has 1 rings (SSSR count). The maximum Gasteiger partial charge on any atom is 0.137 e. The van der Waals surface area contributed by atoms with Gasteiger partial charge in [0.2, 0.25) is 0 Å². The van der Waals surface area contributed by atoms with E-state index in [-0.39, 0.29) is 0 Å². The zero-order chi connectivity index (χ0) is 12.0. The van der Waals surface area contributed by atoms with Gasteiger partial charge in [0.15, 0.2) is 0 Å². The number of aldehydes is 1. The minimum absolute atomic E-state index is 0.421. The molecule has 0 unspecified atom stereocenters. The quantitative estimate of drug-likeness (QED) is 0.717. The van der Waals surface area contributed by atoms with Crippen molar-refractivity contribution in [3.05, 3.63) is 28.8 Å². The van der Waals surface area contributed by atoms with Crippen LogP contribution in [-0.4, -0.2) is 31.4 Å². The van der Waals surface area contributed by atoms with Crippen molar-refractivity contribution in [3.63, 3.8) is 0 Å². The number of likely N-dealkylation sites (N-methyl/N-ethyl adjacent to an activating group) is 1. The minimum atomic E-state index is 0.421. The van der Waals surface area contributed by atoms with Crippen LogP contribution in [0.15, 0.2) is 18.2 Å². The first-order chi connectivity index (χ1) is 7.67. The number of hydrogen-bond donors (Lipinski definition) is 0. The largest absolute Gasteiger partial charge is 0.492 e. The average molecular weight is 242 g/mol. The van der Waals surface area contributed by atoms with Crippen LogP contribution in [0.4, 0.5) is 0 Å². The number of carbonyl (C=O) groups excluding carboxylic acids is 1. The summed E-state index contributed by atoms with van der Waals surface area (Å²) in [5.41, 5.74) is 1.07. The predicted octanol–water partition coefficient (Wildman–Crippen LogP) is 2.37. The molecule has 0 saturated carbocycles. The summed E-state index contributed by atoms with van der Waals surface area (Å²) in [6, 6.07) is 5.68. The van der Waals surface area contributed by atoms with Crippen molar-refractivity contribution in [1.29, 1.82) is 0 Å². The normalized spacial score (nSPS) is 10.5. The van der Waals surface area contributed by atoms with Crippen molar-refractivity contribution >= 4 is 17.9 Å². The van der Waals surface area contributed by atoms with Gasteiger partial charge in [0, 0.05) is 6.54 Å². The lowest BCUT2D eigenvalue weighted by molar-refractivity contribution is -0.108. The Hall–Kier alpha value is -1.06. The fraction of sp³-hybridized carbons (Fsp3) is 0.417. The molecule has 0 bridgehead atoms. The second-order valence-electron chi connectivity index (χ2n) is 3.56. The van der Waals surface area contributed by atoms with E-state index in [0.717, 1.165) is 11.8 Å². The maximum absolute atomic E-state index is 10.3. The Balaban J connectivity index is 2.69. The number of nitrogens with zero attached hydrogens (tertiary/aromatic N) is 1. The molecule has 0 heterocycles. The van der Waals surface area contributed by atoms with E-state index in [0.29, 0.717) is 30.5 Å². The zero-order valence-corrected chi connectivity index (χ0v) is 10.3. The number of halogens is 1. The highest BCUT2D eigenvalue weighted by Gasteiger charge is 2.04. The molecule has 0 radical (unpaired) electrons. The second-order valence-corrected chi connectivity index (χ2v) is 3.97. The van der Waals surface area contributed by atoms with E-state index in [1.807, 2.05) is 37.1 Å². The van der Waals surface area contributed by atoms with Gasteiger partial charge in [0.1, 0.15) is 12.0 Å². The summed E-state index contributed by atoms with van der Waals surface area (Å²) in [6.07, 6.45) is 0.885. The van der Waals surface area contributed by atoms with Crippen molar-refractivity contribution in [2.24, 2.45) is 0 Å². The van der Waals surface area contributed by atoms with Gasteiger partial charge in [-0.25, -0.2) is 0 Å². The summed E-state index contributed by atoms with van der Waals surface area (Å²) in [5.74, 6) is 0.700. The molecule has 0 fully saturated rings. The Labute approximate surface area is 101 Å². The molecule has 0 aliphatic heterocycles. The highest BCUT2D eigenvalue weighted by Crippen LogP contribution is 2.25. The topological polar surface area (TPSA) is 29.5 Å². The lowest BCUT2D eigenvalue weighted by Gasteiger charge is -2.14. The molecule has 0 N–H and O–H groups in total. The molecule has 4 heteroatoms. The second kappa shape index (κ2) is 6.51. The van der Waals surface area contributed by atoms with E-state index in [9.17, 15) is 4.79 Å². The molecule has 0 amide bonds. The van der Waals surface area contributed by atoms with Gasteiger partial charge in [-0.15, -0.1) is 0 Å². The Bertz CT molecular complexity index is 355. The summed E-state index contributed by atoms with van der Waals surface area (Å²) in [4.78, 5) is 12.2. The van der Waals surface area contributed by atoms with Gasteiger partial charge in [0.25, 0.3) is 0 Å². The Morgan fingerprint density at radius 1 is 1.50 bits per heavy atom. The smallest absolute Gasteiger partial charge is 0.137 e. The Morgan fingerprint density at radius 3 is 2.81 bits per heavy atom. The van der Waals surface area contributed by atoms with Crippen LogP contribution in [0.3, 0.4) is 0 Å². The molecule has 0 aromatic heterocycles. The summed E-state index contributed by atoms with van der Waals surface area (Å²) in [5, 5.41) is 0.610. The third-order valence-corrected chi connectivity index (χ3v) is 2.43. The highest BCUT2D eigenvalue weighted by atomic mass is 35.5. The number of carbonyl (C=O) groups is 1. The van der Waals surface area contributed by atoms with Gasteiger partial charge < -0.3 is 9.53 Å². The van der Waals surface area contributed by atoms with Crippen molar-refractivity contribution in [2.75, 3.05) is 20.2 Å². The van der Waals surface area contributed by atoms with Crippen LogP contribution in [0.25, 0.3) is 0 Å². The van der Waals surface area contributed by atoms with E-state index in [1.54, 1.807) is 0 Å². The van der Waals surface area contributed by atoms with Crippen LogP contribution in [0.1, 0.15) is 12.5 Å². The fourth-order valence-electron chi connectivity index (χ4n) is 1.42. The summed E-state index contributed by atoms with van der Waals surface area (Å²) in [6.45, 7) is 3.64. The van der Waals surface area contributed by atoms with Crippen LogP contribution in [0, 0.1) is 0 Å². The van der Waals surface area contributed by atoms with Crippen LogP contribution in [0.2, 0.25) is 5.02 Å². The summed E-state index contributed by atoms with van der Waals surface area (Å²) in [7, 11) is 1.89. The zero-order valence-electron chi connectivity index (χ0n) is 9.57. The van der Waals surface area contributed by atoms with E-state index in [1.165, 1.54) is 0 Å². The van der Waals surface area contributed by atoms with Crippen molar-refractivity contribution in [2.45, 2.75) is 13.5 Å². The van der Waals surface area contributed by atoms with Gasteiger partial charge in [-0.1, -0.05) is 17.7 Å². The van der Waals surface area contributed by atoms with Crippen molar-refractivity contribution < 1.29 is 9.53 Å². The first-order valence-electron chi connectivity index (χ1n) is 5.20. The lowest BCUT2D eigenvalue weighted by Crippen LogP contribution is -2.19. The lowest BCUT2D eigenvalue weighted by atomic mass is 10.2. The number of rotatable bonds is 6. The van der Waals surface area contributed by atoms with Crippen molar-refractivity contribution in [1.82, 2.24) is 4.90 Å². The molecule has 0 spiro atoms. The molecule has 0 saturated heterocycles. The van der Waals surface area contributed by atoms with E-state index >= 15 is 0 Å².